The van der Waals surface area contributed by atoms with E-state index >= 15 is 9.59 Å². The fourth-order valence-electron chi connectivity index (χ4n) is 16.7. The van der Waals surface area contributed by atoms with Crippen LogP contribution in [0.2, 0.25) is 0 Å². The average Bonchev–Trinajstić information content (AvgIpc) is 0.781. The van der Waals surface area contributed by atoms with Crippen LogP contribution in [0.5, 0.6) is 0 Å². The summed E-state index contributed by atoms with van der Waals surface area (Å²) < 4.78 is 98.7. The van der Waals surface area contributed by atoms with Crippen molar-refractivity contribution in [2.75, 3.05) is 26.4 Å². The molecule has 2 saturated heterocycles. The molecule has 2 aliphatic rings. The first-order valence-corrected chi connectivity index (χ1v) is 53.3. The smallest absolute Gasteiger partial charge is 0.462 e. The van der Waals surface area contributed by atoms with Gasteiger partial charge < -0.3 is 78.7 Å². The van der Waals surface area contributed by atoms with E-state index in [-0.39, 0.29) is 38.5 Å². The highest BCUT2D eigenvalue weighted by Gasteiger charge is 2.56. The second-order valence-corrected chi connectivity index (χ2v) is 37.9. The molecule has 16 atom stereocenters. The number of hydrogen-bond acceptors (Lipinski definition) is 24. The molecule has 0 aromatic carbocycles. The van der Waals surface area contributed by atoms with Crippen LogP contribution in [0.4, 0.5) is 0 Å². The number of aliphatic hydroxyl groups is 4. The Morgan fingerprint density at radius 3 is 1.10 bits per heavy atom. The Hall–Kier alpha value is -3.41. The number of ether oxygens (including phenoxy) is 8. The zero-order chi connectivity index (χ0) is 93.2. The Labute approximate surface area is 762 Å². The maximum atomic E-state index is 15.3. The monoisotopic (exact) mass is 1840 g/mol. The van der Waals surface area contributed by atoms with Crippen LogP contribution in [0.3, 0.4) is 0 Å². The maximum absolute atomic E-state index is 15.3. The molecule has 6 unspecified atom stereocenters. The van der Waals surface area contributed by atoms with Crippen molar-refractivity contribution in [1.82, 2.24) is 10.6 Å². The number of esters is 4. The minimum atomic E-state index is -5.35. The van der Waals surface area contributed by atoms with Crippen molar-refractivity contribution in [2.24, 2.45) is 0 Å². The van der Waals surface area contributed by atoms with Gasteiger partial charge >= 0.3 is 40.0 Å². The molecule has 9 N–H and O–H groups in total. The van der Waals surface area contributed by atoms with Gasteiger partial charge in [0, 0.05) is 17.4 Å². The Morgan fingerprint density at radius 2 is 0.722 bits per heavy atom. The summed E-state index contributed by atoms with van der Waals surface area (Å²) in [5.74, 6) is -4.75. The molecule has 126 heavy (non-hydrogen) atoms. The highest BCUT2D eigenvalue weighted by Crippen LogP contribution is 2.38. The number of unbranched alkanes of at least 4 members (excludes halogenated alkanes) is 50. The van der Waals surface area contributed by atoms with Gasteiger partial charge in [-0.3, -0.25) is 33.3 Å². The molecule has 0 radical (unpaired) electrons. The number of rotatable bonds is 88. The summed E-state index contributed by atoms with van der Waals surface area (Å²) in [6.45, 7) is 7.98. The van der Waals surface area contributed by atoms with Crippen molar-refractivity contribution in [2.45, 2.75) is 551 Å². The van der Waals surface area contributed by atoms with Crippen molar-refractivity contribution >= 4 is 51.8 Å². The third kappa shape index (κ3) is 62.9. The molecule has 0 bridgehead atoms. The van der Waals surface area contributed by atoms with E-state index in [1.54, 1.807) is 0 Å². The van der Waals surface area contributed by atoms with Crippen molar-refractivity contribution in [1.29, 1.82) is 0 Å². The molecule has 0 aliphatic carbocycles. The molecule has 2 rings (SSSR count). The van der Waals surface area contributed by atoms with E-state index in [0.29, 0.717) is 38.5 Å². The lowest BCUT2D eigenvalue weighted by Crippen LogP contribution is -2.68. The second-order valence-electron chi connectivity index (χ2n) is 35.8. The fraction of sp³-hybridized carbons (Fsp3) is 0.938. The number of hydrogen-bond donors (Lipinski definition) is 9. The number of phosphoric acid groups is 1. The number of aliphatic hydroxyl groups excluding tert-OH is 4. The summed E-state index contributed by atoms with van der Waals surface area (Å²) in [5.41, 5.74) is 0. The highest BCUT2D eigenvalue weighted by molar-refractivity contribution is 7.46. The van der Waals surface area contributed by atoms with Gasteiger partial charge in [-0.1, -0.05) is 375 Å². The van der Waals surface area contributed by atoms with Gasteiger partial charge in [0.1, 0.15) is 42.6 Å². The standard InChI is InChI=1S/C96H180N2O26P2/c1-7-13-19-25-31-37-38-44-50-56-62-68-86(105)118-80(66-60-54-48-42-35-29-23-17-11-5)74-88(107)122-94-90(98-84(103)73-79(65-59-53-47-41-34-28-22-16-10-4)117-85(104)67-61-55-49-43-36-30-24-18-12-6)96(119-81(75-99)92(94)123-125(110)124-109)115-76-82-91(108)93(121-87(106)72-78(101)64-58-52-46-40-33-27-21-15-9-3)89(95(120-82)114-69-70-116-126(111,112)113)97-83(102)71-77(100)63-57-51-45-39-32-26-20-14-8-2/h77-82,89-96,99-101,108H,7-76H2,1-6H3,(H4-,97,98,102,103,109,111,112,113)/p+1/t77-,78-,79-,80-,81?,82?,89?,90?,91-,92-,93-,94-,95+,96-/m1/s1/i70T/t70?,77-,78-,79-,80-,81?,82?,89?,90?,91-,92-,93-,94-,95+,96-. The van der Waals surface area contributed by atoms with Crippen LogP contribution >= 0.6 is 16.1 Å². The molecular formula is C96H181N2O26P2+. The first kappa shape index (κ1) is 117. The Kier molecular flexibility index (Phi) is 74.2. The van der Waals surface area contributed by atoms with Gasteiger partial charge in [0.05, 0.1) is 70.3 Å². The average molecular weight is 1840 g/mol. The first-order chi connectivity index (χ1) is 61.4. The normalized spacial score (nSPS) is 20.5. The van der Waals surface area contributed by atoms with Crippen LogP contribution in [-0.4, -0.2) is 183 Å². The van der Waals surface area contributed by atoms with E-state index in [4.69, 9.17) is 43.8 Å². The predicted molar refractivity (Wildman–Crippen MR) is 491 cm³/mol. The Morgan fingerprint density at radius 1 is 0.405 bits per heavy atom. The van der Waals surface area contributed by atoms with Gasteiger partial charge in [0.2, 0.25) is 11.8 Å². The number of phosphoric ester groups is 1. The zero-order valence-electron chi connectivity index (χ0n) is 80.2. The van der Waals surface area contributed by atoms with Gasteiger partial charge in [0.15, 0.2) is 30.9 Å². The van der Waals surface area contributed by atoms with E-state index in [0.717, 1.165) is 257 Å². The number of nitrogens with one attached hydrogen (secondary N) is 2. The largest absolute Gasteiger partial charge is 0.728 e. The third-order valence-electron chi connectivity index (χ3n) is 24.2. The molecule has 0 aromatic heterocycles. The zero-order valence-corrected chi connectivity index (χ0v) is 81.0. The van der Waals surface area contributed by atoms with Crippen LogP contribution in [0.25, 0.3) is 0 Å². The summed E-state index contributed by atoms with van der Waals surface area (Å²) in [6, 6.07) is -3.57. The van der Waals surface area contributed by atoms with E-state index < -0.39 is 190 Å². The molecule has 2 heterocycles. The lowest BCUT2D eigenvalue weighted by molar-refractivity contribution is -0.305. The summed E-state index contributed by atoms with van der Waals surface area (Å²) in [4.78, 5) is 106. The highest BCUT2D eigenvalue weighted by atomic mass is 31.2. The molecule has 740 valence electrons. The van der Waals surface area contributed by atoms with Gasteiger partial charge in [-0.15, -0.1) is 4.52 Å². The predicted octanol–water partition coefficient (Wildman–Crippen LogP) is 21.7. The third-order valence-corrected chi connectivity index (χ3v) is 25.1. The van der Waals surface area contributed by atoms with E-state index in [9.17, 15) is 63.8 Å². The first-order valence-electron chi connectivity index (χ1n) is 51.2. The Bertz CT molecular complexity index is 2770. The molecule has 0 spiro atoms. The van der Waals surface area contributed by atoms with Crippen LogP contribution < -0.4 is 10.6 Å². The maximum Gasteiger partial charge on any atom is 0.728 e. The topological polar surface area (TPSA) is 404 Å². The molecule has 2 fully saturated rings. The molecule has 28 nitrogen and oxygen atoms in total. The fourth-order valence-corrected chi connectivity index (χ4v) is 17.5. The minimum absolute atomic E-state index is 0.0943. The minimum Gasteiger partial charge on any atom is -0.462 e. The van der Waals surface area contributed by atoms with Crippen molar-refractivity contribution in [3.63, 3.8) is 0 Å². The van der Waals surface area contributed by atoms with Gasteiger partial charge in [-0.25, -0.2) is 9.82 Å². The van der Waals surface area contributed by atoms with E-state index in [2.05, 4.69) is 61.4 Å². The quantitative estimate of drug-likeness (QED) is 0.00682. The molecule has 2 amide bonds. The molecule has 2 aliphatic heterocycles. The number of carbonyl (C=O) groups excluding carboxylic acids is 6. The molecular weight excluding hydrogens is 1660 g/mol. The van der Waals surface area contributed by atoms with Crippen molar-refractivity contribution < 1.29 is 126 Å². The van der Waals surface area contributed by atoms with E-state index in [1.165, 1.54) is 64.2 Å². The lowest BCUT2D eigenvalue weighted by atomic mass is 9.95. The summed E-state index contributed by atoms with van der Waals surface area (Å²) in [7, 11) is -8.89. The summed E-state index contributed by atoms with van der Waals surface area (Å²) in [5, 5.41) is 62.1. The second kappa shape index (κ2) is 80.1. The summed E-state index contributed by atoms with van der Waals surface area (Å²) >= 11 is 0. The molecule has 30 heteroatoms. The Balaban J connectivity index is 2.91. The van der Waals surface area contributed by atoms with Gasteiger partial charge in [-0.05, 0) is 51.4 Å². The summed E-state index contributed by atoms with van der Waals surface area (Å²) in [6.07, 6.45) is 36.0. The van der Waals surface area contributed by atoms with Crippen LogP contribution in [0, 0.1) is 0 Å². The molecule has 0 saturated carbocycles. The number of carbonyl (C=O) groups is 6. The van der Waals surface area contributed by atoms with Gasteiger partial charge in [0.25, 0.3) is 0 Å². The van der Waals surface area contributed by atoms with E-state index in [1.807, 2.05) is 0 Å². The lowest BCUT2D eigenvalue weighted by Gasteiger charge is -2.46. The van der Waals surface area contributed by atoms with Crippen LogP contribution in [-0.2, 0) is 89.5 Å². The number of amides is 2. The molecule has 0 aromatic rings. The SMILES string of the molecule is [3H]C(CO[C@H]1OC(CO[C@@H]2OC(CO)[C@@H](O[P+](=O)OO)[C@H](OC(=O)C[C@@H](CCCCCCCCCCC)OC(=O)CCCCCCCCCCCCC)C2NC(=O)C[C@@H](CCCCCCCCCCC)OC(=O)CCCCCCCCCCC)[C@@H](O)[C@H](OC(=O)C[C@H](O)CCCCCCCCCCC)C1NC(=O)C[C@H](O)CCCCCCCCCCC)OP(=O)(O)O. The van der Waals surface area contributed by atoms with Crippen molar-refractivity contribution in [3.8, 4) is 0 Å². The van der Waals surface area contributed by atoms with Crippen LogP contribution in [0.15, 0.2) is 0 Å². The van der Waals surface area contributed by atoms with Crippen molar-refractivity contribution in [3.05, 3.63) is 0 Å². The van der Waals surface area contributed by atoms with Gasteiger partial charge in [-0.2, -0.15) is 0 Å². The van der Waals surface area contributed by atoms with Crippen LogP contribution in [0.1, 0.15) is 467 Å².